The Morgan fingerprint density at radius 3 is 2.60 bits per heavy atom. The molecule has 4 aromatic rings. The number of aromatic nitrogens is 1. The minimum absolute atomic E-state index is 0. The van der Waals surface area contributed by atoms with Crippen LogP contribution in [0.5, 0.6) is 5.75 Å². The molecule has 0 amide bonds. The third-order valence-electron chi connectivity index (χ3n) is 4.89. The average molecular weight is 506 g/mol. The van der Waals surface area contributed by atoms with E-state index in [4.69, 9.17) is 16.3 Å². The summed E-state index contributed by atoms with van der Waals surface area (Å²) in [6.45, 7) is 2.16. The Balaban J connectivity index is 0.00000256. The maximum atomic E-state index is 6.07. The molecular formula is C24H23BrCl2N2O. The number of fused-ring (bicyclic) bond motifs is 1. The third-order valence-corrected chi connectivity index (χ3v) is 5.64. The molecule has 2 N–H and O–H groups in total. The summed E-state index contributed by atoms with van der Waals surface area (Å²) in [6.07, 6.45) is 3.07. The number of H-pyrrole nitrogens is 1. The number of aromatic amines is 1. The fourth-order valence-corrected chi connectivity index (χ4v) is 3.89. The average Bonchev–Trinajstić information content (AvgIpc) is 3.15. The van der Waals surface area contributed by atoms with Gasteiger partial charge in [0, 0.05) is 38.7 Å². The van der Waals surface area contributed by atoms with Crippen molar-refractivity contribution < 1.29 is 4.74 Å². The quantitative estimate of drug-likeness (QED) is 0.255. The number of halogens is 3. The second kappa shape index (κ2) is 10.9. The standard InChI is InChI=1S/C24H22BrClN2O.ClH/c25-20-7-10-24(29-16-17-5-8-21(26)9-6-17)19(13-20)14-27-12-11-18-15-28-23-4-2-1-3-22(18)23;/h1-10,13,15,27-28H,11-12,14,16H2;1H. The van der Waals surface area contributed by atoms with Crippen LogP contribution in [0.15, 0.2) is 77.4 Å². The van der Waals surface area contributed by atoms with Gasteiger partial charge in [0.2, 0.25) is 0 Å². The lowest BCUT2D eigenvalue weighted by atomic mass is 10.1. The summed E-state index contributed by atoms with van der Waals surface area (Å²) in [6, 6.07) is 22.3. The van der Waals surface area contributed by atoms with Gasteiger partial charge >= 0.3 is 0 Å². The Kier molecular flexibility index (Phi) is 8.23. The molecule has 0 atom stereocenters. The summed E-state index contributed by atoms with van der Waals surface area (Å²) in [7, 11) is 0. The van der Waals surface area contributed by atoms with Crippen LogP contribution in [-0.2, 0) is 19.6 Å². The first-order chi connectivity index (χ1) is 14.2. The molecule has 0 aliphatic rings. The van der Waals surface area contributed by atoms with Crippen molar-refractivity contribution in [1.82, 2.24) is 10.3 Å². The summed E-state index contributed by atoms with van der Waals surface area (Å²) >= 11 is 9.52. The Bertz CT molecular complexity index is 1100. The minimum Gasteiger partial charge on any atom is -0.489 e. The Labute approximate surface area is 196 Å². The van der Waals surface area contributed by atoms with Gasteiger partial charge in [-0.1, -0.05) is 57.9 Å². The molecule has 0 spiro atoms. The normalized spacial score (nSPS) is 10.7. The molecule has 156 valence electrons. The molecular weight excluding hydrogens is 483 g/mol. The SMILES string of the molecule is Cl.Clc1ccc(COc2ccc(Br)cc2CNCCc2c[nH]c3ccccc23)cc1. The van der Waals surface area contributed by atoms with E-state index < -0.39 is 0 Å². The highest BCUT2D eigenvalue weighted by atomic mass is 79.9. The maximum absolute atomic E-state index is 6.07. The van der Waals surface area contributed by atoms with E-state index >= 15 is 0 Å². The first kappa shape index (κ1) is 22.7. The fraction of sp³-hybridized carbons (Fsp3) is 0.167. The smallest absolute Gasteiger partial charge is 0.124 e. The van der Waals surface area contributed by atoms with Crippen molar-refractivity contribution in [1.29, 1.82) is 0 Å². The van der Waals surface area contributed by atoms with Crippen molar-refractivity contribution in [3.8, 4) is 5.75 Å². The lowest BCUT2D eigenvalue weighted by Crippen LogP contribution is -2.17. The topological polar surface area (TPSA) is 37.0 Å². The highest BCUT2D eigenvalue weighted by Gasteiger charge is 2.07. The summed E-state index contributed by atoms with van der Waals surface area (Å²) < 4.78 is 7.12. The van der Waals surface area contributed by atoms with Gasteiger partial charge in [0.15, 0.2) is 0 Å². The molecule has 30 heavy (non-hydrogen) atoms. The van der Waals surface area contributed by atoms with E-state index in [0.717, 1.165) is 45.9 Å². The zero-order chi connectivity index (χ0) is 20.1. The van der Waals surface area contributed by atoms with Crippen LogP contribution in [0.25, 0.3) is 10.9 Å². The van der Waals surface area contributed by atoms with Gasteiger partial charge in [-0.3, -0.25) is 0 Å². The lowest BCUT2D eigenvalue weighted by Gasteiger charge is -2.13. The maximum Gasteiger partial charge on any atom is 0.124 e. The zero-order valence-electron chi connectivity index (χ0n) is 16.3. The van der Waals surface area contributed by atoms with Crippen LogP contribution in [-0.4, -0.2) is 11.5 Å². The van der Waals surface area contributed by atoms with Crippen LogP contribution in [0.3, 0.4) is 0 Å². The van der Waals surface area contributed by atoms with E-state index in [-0.39, 0.29) is 12.4 Å². The van der Waals surface area contributed by atoms with Crippen LogP contribution in [0.4, 0.5) is 0 Å². The third kappa shape index (κ3) is 5.79. The molecule has 1 heterocycles. The number of rotatable bonds is 8. The highest BCUT2D eigenvalue weighted by Crippen LogP contribution is 2.24. The first-order valence-electron chi connectivity index (χ1n) is 9.60. The van der Waals surface area contributed by atoms with E-state index in [1.165, 1.54) is 16.5 Å². The number of nitrogens with one attached hydrogen (secondary N) is 2. The minimum atomic E-state index is 0. The molecule has 3 aromatic carbocycles. The number of para-hydroxylation sites is 1. The van der Waals surface area contributed by atoms with Crippen LogP contribution in [0.2, 0.25) is 5.02 Å². The first-order valence-corrected chi connectivity index (χ1v) is 10.8. The molecule has 6 heteroatoms. The fourth-order valence-electron chi connectivity index (χ4n) is 3.35. The van der Waals surface area contributed by atoms with Gasteiger partial charge in [0.25, 0.3) is 0 Å². The van der Waals surface area contributed by atoms with Crippen molar-refractivity contribution in [2.75, 3.05) is 6.54 Å². The molecule has 0 fully saturated rings. The Morgan fingerprint density at radius 2 is 1.77 bits per heavy atom. The van der Waals surface area contributed by atoms with Crippen LogP contribution >= 0.6 is 39.9 Å². The van der Waals surface area contributed by atoms with Crippen molar-refractivity contribution in [2.24, 2.45) is 0 Å². The van der Waals surface area contributed by atoms with E-state index in [9.17, 15) is 0 Å². The number of hydrogen-bond donors (Lipinski definition) is 2. The van der Waals surface area contributed by atoms with Gasteiger partial charge in [0.1, 0.15) is 12.4 Å². The second-order valence-electron chi connectivity index (χ2n) is 6.95. The van der Waals surface area contributed by atoms with E-state index in [2.05, 4.69) is 62.8 Å². The molecule has 0 saturated heterocycles. The molecule has 0 aliphatic carbocycles. The van der Waals surface area contributed by atoms with Crippen molar-refractivity contribution in [3.05, 3.63) is 99.1 Å². The van der Waals surface area contributed by atoms with Crippen LogP contribution < -0.4 is 10.1 Å². The van der Waals surface area contributed by atoms with Gasteiger partial charge in [-0.15, -0.1) is 12.4 Å². The molecule has 0 saturated carbocycles. The molecule has 0 unspecified atom stereocenters. The monoisotopic (exact) mass is 504 g/mol. The largest absolute Gasteiger partial charge is 0.489 e. The molecule has 0 aliphatic heterocycles. The lowest BCUT2D eigenvalue weighted by molar-refractivity contribution is 0.302. The summed E-state index contributed by atoms with van der Waals surface area (Å²) in [5.41, 5.74) is 4.75. The van der Waals surface area contributed by atoms with Gasteiger partial charge < -0.3 is 15.0 Å². The van der Waals surface area contributed by atoms with Crippen LogP contribution in [0, 0.1) is 0 Å². The van der Waals surface area contributed by atoms with Gasteiger partial charge in [-0.2, -0.15) is 0 Å². The molecule has 4 rings (SSSR count). The Morgan fingerprint density at radius 1 is 0.967 bits per heavy atom. The molecule has 0 bridgehead atoms. The predicted molar refractivity (Wildman–Crippen MR) is 131 cm³/mol. The summed E-state index contributed by atoms with van der Waals surface area (Å²) in [5.74, 6) is 0.891. The predicted octanol–water partition coefficient (Wildman–Crippen LogP) is 6.92. The van der Waals surface area contributed by atoms with Crippen LogP contribution in [0.1, 0.15) is 16.7 Å². The Hall–Kier alpha value is -1.98. The van der Waals surface area contributed by atoms with E-state index in [1.807, 2.05) is 36.4 Å². The zero-order valence-corrected chi connectivity index (χ0v) is 19.5. The molecule has 0 radical (unpaired) electrons. The summed E-state index contributed by atoms with van der Waals surface area (Å²) in [4.78, 5) is 3.34. The van der Waals surface area contributed by atoms with Gasteiger partial charge in [-0.05, 0) is 60.5 Å². The molecule has 3 nitrogen and oxygen atoms in total. The summed E-state index contributed by atoms with van der Waals surface area (Å²) in [5, 5.41) is 5.57. The number of hydrogen-bond acceptors (Lipinski definition) is 2. The van der Waals surface area contributed by atoms with Crippen molar-refractivity contribution >= 4 is 50.8 Å². The highest BCUT2D eigenvalue weighted by molar-refractivity contribution is 9.10. The number of ether oxygens (including phenoxy) is 1. The van der Waals surface area contributed by atoms with Crippen molar-refractivity contribution in [2.45, 2.75) is 19.6 Å². The second-order valence-corrected chi connectivity index (χ2v) is 8.31. The van der Waals surface area contributed by atoms with Gasteiger partial charge in [0.05, 0.1) is 0 Å². The number of benzene rings is 3. The van der Waals surface area contributed by atoms with E-state index in [1.54, 1.807) is 0 Å². The van der Waals surface area contributed by atoms with Gasteiger partial charge in [-0.25, -0.2) is 0 Å². The van der Waals surface area contributed by atoms with E-state index in [0.29, 0.717) is 6.61 Å². The molecule has 1 aromatic heterocycles. The van der Waals surface area contributed by atoms with Crippen molar-refractivity contribution in [3.63, 3.8) is 0 Å².